The number of hydrogen-bond donors (Lipinski definition) is 2. The van der Waals surface area contributed by atoms with Crippen molar-refractivity contribution in [3.8, 4) is 0 Å². The third-order valence-electron chi connectivity index (χ3n) is 2.02. The van der Waals surface area contributed by atoms with Gasteiger partial charge in [0.15, 0.2) is 0 Å². The Morgan fingerprint density at radius 2 is 2.00 bits per heavy atom. The molecule has 0 aliphatic carbocycles. The third kappa shape index (κ3) is 3.02. The van der Waals surface area contributed by atoms with Crippen molar-refractivity contribution in [3.63, 3.8) is 0 Å². The maximum Gasteiger partial charge on any atom is 0.240 e. The van der Waals surface area contributed by atoms with E-state index in [-0.39, 0.29) is 11.4 Å². The minimum absolute atomic E-state index is 0.225. The van der Waals surface area contributed by atoms with Crippen LogP contribution in [0.1, 0.15) is 18.9 Å². The molecular formula is C10H16N2O2S. The van der Waals surface area contributed by atoms with Crippen molar-refractivity contribution in [3.05, 3.63) is 29.8 Å². The van der Waals surface area contributed by atoms with Gasteiger partial charge in [-0.15, -0.1) is 0 Å². The molecule has 0 bridgehead atoms. The quantitative estimate of drug-likeness (QED) is 0.784. The van der Waals surface area contributed by atoms with Crippen LogP contribution in [-0.2, 0) is 16.6 Å². The molecule has 0 aliphatic heterocycles. The molecule has 0 aliphatic rings. The van der Waals surface area contributed by atoms with Gasteiger partial charge in [-0.25, -0.2) is 13.1 Å². The van der Waals surface area contributed by atoms with Gasteiger partial charge in [0.1, 0.15) is 0 Å². The molecule has 1 aromatic rings. The van der Waals surface area contributed by atoms with Gasteiger partial charge < -0.3 is 5.73 Å². The predicted molar refractivity (Wildman–Crippen MR) is 59.8 cm³/mol. The molecule has 0 saturated carbocycles. The second-order valence-electron chi connectivity index (χ2n) is 3.21. The lowest BCUT2D eigenvalue weighted by Gasteiger charge is -2.09. The van der Waals surface area contributed by atoms with Crippen LogP contribution in [0, 0.1) is 0 Å². The molecule has 1 rings (SSSR count). The molecule has 0 aromatic heterocycles. The van der Waals surface area contributed by atoms with Crippen molar-refractivity contribution in [1.29, 1.82) is 0 Å². The van der Waals surface area contributed by atoms with Crippen LogP contribution in [0.5, 0.6) is 0 Å². The molecule has 0 radical (unpaired) electrons. The number of nitrogens with two attached hydrogens (primary N) is 1. The van der Waals surface area contributed by atoms with Crippen LogP contribution in [0.3, 0.4) is 0 Å². The van der Waals surface area contributed by atoms with Crippen LogP contribution >= 0.6 is 0 Å². The highest BCUT2D eigenvalue weighted by atomic mass is 32.2. The number of nitrogens with one attached hydrogen (secondary N) is 1. The second-order valence-corrected chi connectivity index (χ2v) is 4.94. The molecule has 3 N–H and O–H groups in total. The molecule has 0 fully saturated rings. The standard InChI is InChI=1S/C10H16N2O2S/c1-2-7-12-15(13,14)10-6-4-3-5-9(10)8-11/h3-6,12H,2,7-8,11H2,1H3. The topological polar surface area (TPSA) is 72.2 Å². The van der Waals surface area contributed by atoms with Crippen molar-refractivity contribution >= 4 is 10.0 Å². The van der Waals surface area contributed by atoms with E-state index in [1.165, 1.54) is 0 Å². The van der Waals surface area contributed by atoms with Crippen molar-refractivity contribution < 1.29 is 8.42 Å². The van der Waals surface area contributed by atoms with E-state index in [1.54, 1.807) is 24.3 Å². The van der Waals surface area contributed by atoms with E-state index in [2.05, 4.69) is 4.72 Å². The Morgan fingerprint density at radius 1 is 1.33 bits per heavy atom. The number of benzene rings is 1. The molecular weight excluding hydrogens is 212 g/mol. The van der Waals surface area contributed by atoms with Crippen LogP contribution in [0.25, 0.3) is 0 Å². The number of sulfonamides is 1. The van der Waals surface area contributed by atoms with Gasteiger partial charge in [0.05, 0.1) is 4.90 Å². The monoisotopic (exact) mass is 228 g/mol. The molecule has 15 heavy (non-hydrogen) atoms. The van der Waals surface area contributed by atoms with Gasteiger partial charge in [-0.3, -0.25) is 0 Å². The van der Waals surface area contributed by atoms with Gasteiger partial charge in [-0.2, -0.15) is 0 Å². The van der Waals surface area contributed by atoms with Gasteiger partial charge in [-0.1, -0.05) is 25.1 Å². The lowest BCUT2D eigenvalue weighted by molar-refractivity contribution is 0.579. The normalized spacial score (nSPS) is 11.6. The van der Waals surface area contributed by atoms with Crippen LogP contribution in [0.4, 0.5) is 0 Å². The molecule has 84 valence electrons. The largest absolute Gasteiger partial charge is 0.326 e. The first-order valence-electron chi connectivity index (χ1n) is 4.89. The molecule has 5 heteroatoms. The van der Waals surface area contributed by atoms with E-state index >= 15 is 0 Å². The van der Waals surface area contributed by atoms with Crippen LogP contribution in [0.15, 0.2) is 29.2 Å². The molecule has 0 amide bonds. The first kappa shape index (κ1) is 12.2. The predicted octanol–water partition coefficient (Wildman–Crippen LogP) is 0.834. The Hall–Kier alpha value is -0.910. The zero-order valence-electron chi connectivity index (χ0n) is 8.73. The summed E-state index contributed by atoms with van der Waals surface area (Å²) in [6.45, 7) is 2.59. The molecule has 0 atom stereocenters. The van der Waals surface area contributed by atoms with Crippen LogP contribution in [0.2, 0.25) is 0 Å². The van der Waals surface area contributed by atoms with Gasteiger partial charge in [-0.05, 0) is 18.1 Å². The summed E-state index contributed by atoms with van der Waals surface area (Å²) in [5, 5.41) is 0. The highest BCUT2D eigenvalue weighted by Crippen LogP contribution is 2.14. The minimum Gasteiger partial charge on any atom is -0.326 e. The summed E-state index contributed by atoms with van der Waals surface area (Å²) in [4.78, 5) is 0.279. The summed E-state index contributed by atoms with van der Waals surface area (Å²) in [6, 6.07) is 6.77. The zero-order chi connectivity index (χ0) is 11.3. The summed E-state index contributed by atoms with van der Waals surface area (Å²) >= 11 is 0. The Morgan fingerprint density at radius 3 is 2.60 bits per heavy atom. The highest BCUT2D eigenvalue weighted by Gasteiger charge is 2.15. The van der Waals surface area contributed by atoms with E-state index in [4.69, 9.17) is 5.73 Å². The molecule has 0 spiro atoms. The van der Waals surface area contributed by atoms with Crippen LogP contribution in [-0.4, -0.2) is 15.0 Å². The van der Waals surface area contributed by atoms with Gasteiger partial charge in [0.25, 0.3) is 0 Å². The van der Waals surface area contributed by atoms with Crippen molar-refractivity contribution in [1.82, 2.24) is 4.72 Å². The number of hydrogen-bond acceptors (Lipinski definition) is 3. The van der Waals surface area contributed by atoms with Crippen molar-refractivity contribution in [2.75, 3.05) is 6.54 Å². The van der Waals surface area contributed by atoms with Gasteiger partial charge in [0.2, 0.25) is 10.0 Å². The van der Waals surface area contributed by atoms with E-state index in [9.17, 15) is 8.42 Å². The summed E-state index contributed by atoms with van der Waals surface area (Å²) in [7, 11) is -3.40. The van der Waals surface area contributed by atoms with Crippen molar-refractivity contribution in [2.24, 2.45) is 5.73 Å². The molecule has 0 unspecified atom stereocenters. The minimum atomic E-state index is -3.40. The molecule has 0 heterocycles. The third-order valence-corrected chi connectivity index (χ3v) is 3.59. The highest BCUT2D eigenvalue weighted by molar-refractivity contribution is 7.89. The van der Waals surface area contributed by atoms with E-state index in [0.717, 1.165) is 6.42 Å². The van der Waals surface area contributed by atoms with E-state index < -0.39 is 10.0 Å². The smallest absolute Gasteiger partial charge is 0.240 e. The number of rotatable bonds is 5. The molecule has 1 aromatic carbocycles. The van der Waals surface area contributed by atoms with E-state index in [0.29, 0.717) is 12.1 Å². The zero-order valence-corrected chi connectivity index (χ0v) is 9.55. The Balaban J connectivity index is 3.04. The van der Waals surface area contributed by atoms with Gasteiger partial charge in [0, 0.05) is 13.1 Å². The molecule has 4 nitrogen and oxygen atoms in total. The summed E-state index contributed by atoms with van der Waals surface area (Å²) in [5.74, 6) is 0. The summed E-state index contributed by atoms with van der Waals surface area (Å²) in [6.07, 6.45) is 0.768. The van der Waals surface area contributed by atoms with Crippen LogP contribution < -0.4 is 10.5 Å². The van der Waals surface area contributed by atoms with E-state index in [1.807, 2.05) is 6.92 Å². The van der Waals surface area contributed by atoms with Crippen molar-refractivity contribution in [2.45, 2.75) is 24.8 Å². The average Bonchev–Trinajstić information content (AvgIpc) is 2.26. The lowest BCUT2D eigenvalue weighted by atomic mass is 10.2. The second kappa shape index (κ2) is 5.25. The maximum atomic E-state index is 11.8. The molecule has 0 saturated heterocycles. The maximum absolute atomic E-state index is 11.8. The first-order valence-corrected chi connectivity index (χ1v) is 6.37. The van der Waals surface area contributed by atoms with Gasteiger partial charge >= 0.3 is 0 Å². The Bertz CT molecular complexity index is 415. The summed E-state index contributed by atoms with van der Waals surface area (Å²) in [5.41, 5.74) is 6.12. The average molecular weight is 228 g/mol. The Labute approximate surface area is 90.5 Å². The SMILES string of the molecule is CCCNS(=O)(=O)c1ccccc1CN. The fraction of sp³-hybridized carbons (Fsp3) is 0.400. The Kier molecular flexibility index (Phi) is 4.26. The first-order chi connectivity index (χ1) is 7.11. The fourth-order valence-corrected chi connectivity index (χ4v) is 2.63. The summed E-state index contributed by atoms with van der Waals surface area (Å²) < 4.78 is 26.1. The fourth-order valence-electron chi connectivity index (χ4n) is 1.25. The lowest BCUT2D eigenvalue weighted by Crippen LogP contribution is -2.25.